The molecule has 0 amide bonds. The normalized spacial score (nSPS) is 27.1. The molecule has 2 aliphatic rings. The fraction of sp³-hybridized carbons (Fsp3) is 0.647. The fourth-order valence-electron chi connectivity index (χ4n) is 3.52. The van der Waals surface area contributed by atoms with Gasteiger partial charge in [-0.3, -0.25) is 0 Å². The molecule has 3 atom stereocenters. The largest absolute Gasteiger partial charge is 0.493 e. The maximum atomic E-state index is 5.59. The van der Waals surface area contributed by atoms with E-state index in [2.05, 4.69) is 37.4 Å². The minimum atomic E-state index is 0.501. The summed E-state index contributed by atoms with van der Waals surface area (Å²) in [4.78, 5) is 0. The van der Waals surface area contributed by atoms with Gasteiger partial charge in [-0.15, -0.1) is 0 Å². The molecule has 1 aliphatic carbocycles. The summed E-state index contributed by atoms with van der Waals surface area (Å²) in [5, 5.41) is 3.86. The van der Waals surface area contributed by atoms with Gasteiger partial charge >= 0.3 is 0 Å². The molecule has 19 heavy (non-hydrogen) atoms. The van der Waals surface area contributed by atoms with Gasteiger partial charge in [0.15, 0.2) is 0 Å². The second kappa shape index (κ2) is 5.54. The number of benzene rings is 1. The summed E-state index contributed by atoms with van der Waals surface area (Å²) in [7, 11) is 0. The lowest BCUT2D eigenvalue weighted by atomic mass is 9.99. The SMILES string of the molecule is CCC(NC1CCC(C)C1)c1ccc2c(c1)CCO2. The van der Waals surface area contributed by atoms with Crippen molar-refractivity contribution in [3.63, 3.8) is 0 Å². The van der Waals surface area contributed by atoms with Gasteiger partial charge < -0.3 is 10.1 Å². The van der Waals surface area contributed by atoms with Crippen LogP contribution in [0.5, 0.6) is 5.75 Å². The number of hydrogen-bond acceptors (Lipinski definition) is 2. The smallest absolute Gasteiger partial charge is 0.122 e. The van der Waals surface area contributed by atoms with Crippen LogP contribution in [-0.4, -0.2) is 12.6 Å². The van der Waals surface area contributed by atoms with Gasteiger partial charge in [0, 0.05) is 18.5 Å². The van der Waals surface area contributed by atoms with Gasteiger partial charge in [-0.25, -0.2) is 0 Å². The zero-order valence-corrected chi connectivity index (χ0v) is 12.1. The molecule has 104 valence electrons. The minimum Gasteiger partial charge on any atom is -0.493 e. The Kier molecular flexibility index (Phi) is 3.79. The molecule has 0 radical (unpaired) electrons. The van der Waals surface area contributed by atoms with Gasteiger partial charge in [0.1, 0.15) is 5.75 Å². The second-order valence-electron chi connectivity index (χ2n) is 6.21. The van der Waals surface area contributed by atoms with Crippen LogP contribution in [0.4, 0.5) is 0 Å². The highest BCUT2D eigenvalue weighted by atomic mass is 16.5. The summed E-state index contributed by atoms with van der Waals surface area (Å²) < 4.78 is 5.59. The Bertz CT molecular complexity index is 443. The van der Waals surface area contributed by atoms with E-state index < -0.39 is 0 Å². The summed E-state index contributed by atoms with van der Waals surface area (Å²) in [6.07, 6.45) is 6.28. The Hall–Kier alpha value is -1.02. The molecule has 2 heteroatoms. The van der Waals surface area contributed by atoms with Crippen LogP contribution in [0, 0.1) is 5.92 Å². The fourth-order valence-corrected chi connectivity index (χ4v) is 3.52. The van der Waals surface area contributed by atoms with Crippen LogP contribution in [0.25, 0.3) is 0 Å². The highest BCUT2D eigenvalue weighted by Crippen LogP contribution is 2.31. The Labute approximate surface area is 116 Å². The first-order valence-corrected chi connectivity index (χ1v) is 7.78. The van der Waals surface area contributed by atoms with Crippen molar-refractivity contribution in [1.29, 1.82) is 0 Å². The lowest BCUT2D eigenvalue weighted by molar-refractivity contribution is 0.356. The predicted molar refractivity (Wildman–Crippen MR) is 78.6 cm³/mol. The first-order chi connectivity index (χ1) is 9.26. The van der Waals surface area contributed by atoms with Gasteiger partial charge in [-0.05, 0) is 48.8 Å². The van der Waals surface area contributed by atoms with Gasteiger partial charge in [-0.1, -0.05) is 26.0 Å². The zero-order valence-electron chi connectivity index (χ0n) is 12.1. The number of fused-ring (bicyclic) bond motifs is 1. The Morgan fingerprint density at radius 2 is 2.26 bits per heavy atom. The number of ether oxygens (including phenoxy) is 1. The van der Waals surface area contributed by atoms with E-state index in [1.807, 2.05) is 0 Å². The molecule has 1 heterocycles. The van der Waals surface area contributed by atoms with Crippen LogP contribution in [0.3, 0.4) is 0 Å². The Morgan fingerprint density at radius 1 is 1.37 bits per heavy atom. The van der Waals surface area contributed by atoms with E-state index in [0.29, 0.717) is 12.1 Å². The summed E-state index contributed by atoms with van der Waals surface area (Å²) in [5.41, 5.74) is 2.82. The molecule has 0 aromatic heterocycles. The molecular formula is C17H25NO. The summed E-state index contributed by atoms with van der Waals surface area (Å²) in [6, 6.07) is 7.95. The van der Waals surface area contributed by atoms with Crippen LogP contribution in [0.15, 0.2) is 18.2 Å². The first-order valence-electron chi connectivity index (χ1n) is 7.78. The highest BCUT2D eigenvalue weighted by Gasteiger charge is 2.24. The Morgan fingerprint density at radius 3 is 3.00 bits per heavy atom. The maximum absolute atomic E-state index is 5.59. The Balaban J connectivity index is 1.71. The molecule has 3 unspecified atom stereocenters. The van der Waals surface area contributed by atoms with E-state index in [9.17, 15) is 0 Å². The molecule has 1 aromatic carbocycles. The van der Waals surface area contributed by atoms with Crippen molar-refractivity contribution in [1.82, 2.24) is 5.32 Å². The van der Waals surface area contributed by atoms with Crippen LogP contribution in [0.2, 0.25) is 0 Å². The predicted octanol–water partition coefficient (Wildman–Crippen LogP) is 3.85. The van der Waals surface area contributed by atoms with E-state index in [-0.39, 0.29) is 0 Å². The van der Waals surface area contributed by atoms with Gasteiger partial charge in [0.2, 0.25) is 0 Å². The average Bonchev–Trinajstić information content (AvgIpc) is 3.03. The van der Waals surface area contributed by atoms with Gasteiger partial charge in [0.05, 0.1) is 6.61 Å². The molecule has 1 saturated carbocycles. The molecule has 0 saturated heterocycles. The lowest BCUT2D eigenvalue weighted by Crippen LogP contribution is -2.30. The molecule has 1 aliphatic heterocycles. The summed E-state index contributed by atoms with van der Waals surface area (Å²) in [6.45, 7) is 5.50. The molecule has 2 nitrogen and oxygen atoms in total. The van der Waals surface area contributed by atoms with Crippen molar-refractivity contribution in [2.45, 2.75) is 58.0 Å². The average molecular weight is 259 g/mol. The lowest BCUT2D eigenvalue weighted by Gasteiger charge is -2.23. The van der Waals surface area contributed by atoms with Crippen molar-refractivity contribution >= 4 is 0 Å². The number of hydrogen-bond donors (Lipinski definition) is 1. The molecule has 1 fully saturated rings. The third kappa shape index (κ3) is 2.79. The number of rotatable bonds is 4. The standard InChI is InChI=1S/C17H25NO/c1-3-16(18-15-6-4-12(2)10-15)13-5-7-17-14(11-13)8-9-19-17/h5,7,11-12,15-16,18H,3-4,6,8-10H2,1-2H3. The van der Waals surface area contributed by atoms with E-state index >= 15 is 0 Å². The minimum absolute atomic E-state index is 0.501. The van der Waals surface area contributed by atoms with Crippen LogP contribution in [0.1, 0.15) is 56.7 Å². The zero-order chi connectivity index (χ0) is 13.2. The van der Waals surface area contributed by atoms with Crippen LogP contribution >= 0.6 is 0 Å². The quantitative estimate of drug-likeness (QED) is 0.886. The summed E-state index contributed by atoms with van der Waals surface area (Å²) in [5.74, 6) is 1.98. The van der Waals surface area contributed by atoms with E-state index in [4.69, 9.17) is 4.74 Å². The molecule has 1 aromatic rings. The molecular weight excluding hydrogens is 234 g/mol. The topological polar surface area (TPSA) is 21.3 Å². The van der Waals surface area contributed by atoms with E-state index in [1.165, 1.54) is 30.4 Å². The van der Waals surface area contributed by atoms with E-state index in [0.717, 1.165) is 31.1 Å². The molecule has 3 rings (SSSR count). The van der Waals surface area contributed by atoms with Crippen molar-refractivity contribution < 1.29 is 4.74 Å². The third-order valence-corrected chi connectivity index (χ3v) is 4.66. The highest BCUT2D eigenvalue weighted by molar-refractivity contribution is 5.40. The molecule has 1 N–H and O–H groups in total. The van der Waals surface area contributed by atoms with Crippen molar-refractivity contribution in [2.24, 2.45) is 5.92 Å². The first kappa shape index (κ1) is 13.0. The molecule has 0 spiro atoms. The van der Waals surface area contributed by atoms with Crippen molar-refractivity contribution in [2.75, 3.05) is 6.61 Å². The summed E-state index contributed by atoms with van der Waals surface area (Å²) >= 11 is 0. The van der Waals surface area contributed by atoms with Gasteiger partial charge in [-0.2, -0.15) is 0 Å². The van der Waals surface area contributed by atoms with Crippen LogP contribution in [-0.2, 0) is 6.42 Å². The molecule has 0 bridgehead atoms. The third-order valence-electron chi connectivity index (χ3n) is 4.66. The van der Waals surface area contributed by atoms with Crippen molar-refractivity contribution in [3.8, 4) is 5.75 Å². The maximum Gasteiger partial charge on any atom is 0.122 e. The van der Waals surface area contributed by atoms with Crippen molar-refractivity contribution in [3.05, 3.63) is 29.3 Å². The number of nitrogens with one attached hydrogen (secondary N) is 1. The van der Waals surface area contributed by atoms with Crippen LogP contribution < -0.4 is 10.1 Å². The van der Waals surface area contributed by atoms with E-state index in [1.54, 1.807) is 0 Å². The second-order valence-corrected chi connectivity index (χ2v) is 6.21. The monoisotopic (exact) mass is 259 g/mol. The van der Waals surface area contributed by atoms with Gasteiger partial charge in [0.25, 0.3) is 0 Å².